The van der Waals surface area contributed by atoms with Crippen LogP contribution in [0.2, 0.25) is 5.02 Å². The molecule has 0 saturated carbocycles. The second-order valence-electron chi connectivity index (χ2n) is 4.58. The Morgan fingerprint density at radius 2 is 2.22 bits per heavy atom. The number of methoxy groups -OCH3 is 1. The van der Waals surface area contributed by atoms with E-state index in [0.29, 0.717) is 24.5 Å². The van der Waals surface area contributed by atoms with E-state index in [4.69, 9.17) is 22.2 Å². The van der Waals surface area contributed by atoms with Gasteiger partial charge < -0.3 is 4.74 Å². The molecule has 0 aliphatic heterocycles. The van der Waals surface area contributed by atoms with Crippen molar-refractivity contribution in [3.8, 4) is 0 Å². The summed E-state index contributed by atoms with van der Waals surface area (Å²) in [6.07, 6.45) is 1.33. The molecule has 0 aliphatic rings. The van der Waals surface area contributed by atoms with Gasteiger partial charge in [0.25, 0.3) is 0 Å². The number of hydrogen-bond acceptors (Lipinski definition) is 3. The number of nitrogens with two attached hydrogens (primary N) is 1. The molecule has 0 heterocycles. The quantitative estimate of drug-likeness (QED) is 0.593. The SMILES string of the molecule is COCC(C)CC(Cc1cccc(Cl)c1F)NN. The number of hydrogen-bond donors (Lipinski definition) is 2. The van der Waals surface area contributed by atoms with Crippen LogP contribution in [0.1, 0.15) is 18.9 Å². The van der Waals surface area contributed by atoms with Crippen LogP contribution >= 0.6 is 11.6 Å². The first-order chi connectivity index (χ1) is 8.58. The lowest BCUT2D eigenvalue weighted by Gasteiger charge is -2.20. The Morgan fingerprint density at radius 1 is 1.50 bits per heavy atom. The Morgan fingerprint density at radius 3 is 2.83 bits per heavy atom. The van der Waals surface area contributed by atoms with E-state index in [1.807, 2.05) is 0 Å². The number of rotatable bonds is 7. The van der Waals surface area contributed by atoms with Gasteiger partial charge in [-0.2, -0.15) is 0 Å². The highest BCUT2D eigenvalue weighted by Crippen LogP contribution is 2.20. The Hall–Kier alpha value is -0.680. The number of nitrogens with one attached hydrogen (secondary N) is 1. The fraction of sp³-hybridized carbons (Fsp3) is 0.538. The highest BCUT2D eigenvalue weighted by Gasteiger charge is 2.15. The van der Waals surface area contributed by atoms with Gasteiger partial charge in [0.2, 0.25) is 0 Å². The molecule has 0 spiro atoms. The maximum atomic E-state index is 13.8. The van der Waals surface area contributed by atoms with Gasteiger partial charge in [0.15, 0.2) is 0 Å². The van der Waals surface area contributed by atoms with Crippen molar-refractivity contribution in [2.45, 2.75) is 25.8 Å². The second kappa shape index (κ2) is 7.69. The minimum absolute atomic E-state index is 0.00289. The van der Waals surface area contributed by atoms with Crippen molar-refractivity contribution in [1.29, 1.82) is 0 Å². The topological polar surface area (TPSA) is 47.3 Å². The maximum absolute atomic E-state index is 13.8. The van der Waals surface area contributed by atoms with Crippen molar-refractivity contribution >= 4 is 11.6 Å². The van der Waals surface area contributed by atoms with Gasteiger partial charge in [-0.25, -0.2) is 4.39 Å². The molecule has 18 heavy (non-hydrogen) atoms. The van der Waals surface area contributed by atoms with Crippen LogP contribution in [-0.4, -0.2) is 19.8 Å². The predicted molar refractivity (Wildman–Crippen MR) is 71.9 cm³/mol. The van der Waals surface area contributed by atoms with Crippen LogP contribution in [-0.2, 0) is 11.2 Å². The Bertz CT molecular complexity index is 376. The van der Waals surface area contributed by atoms with Crippen molar-refractivity contribution in [3.63, 3.8) is 0 Å². The molecule has 1 aromatic carbocycles. The number of hydrazine groups is 1. The fourth-order valence-electron chi connectivity index (χ4n) is 2.02. The molecule has 3 N–H and O–H groups in total. The summed E-state index contributed by atoms with van der Waals surface area (Å²) in [4.78, 5) is 0. The van der Waals surface area contributed by atoms with Crippen molar-refractivity contribution in [1.82, 2.24) is 5.43 Å². The van der Waals surface area contributed by atoms with Crippen LogP contribution < -0.4 is 11.3 Å². The highest BCUT2D eigenvalue weighted by molar-refractivity contribution is 6.30. The van der Waals surface area contributed by atoms with Gasteiger partial charge in [-0.3, -0.25) is 11.3 Å². The summed E-state index contributed by atoms with van der Waals surface area (Å²) >= 11 is 5.75. The third kappa shape index (κ3) is 4.53. The molecule has 2 unspecified atom stereocenters. The van der Waals surface area contributed by atoms with Crippen LogP contribution in [0.4, 0.5) is 4.39 Å². The molecule has 0 fully saturated rings. The largest absolute Gasteiger partial charge is 0.384 e. The van der Waals surface area contributed by atoms with E-state index in [9.17, 15) is 4.39 Å². The third-order valence-electron chi connectivity index (χ3n) is 2.87. The molecular formula is C13H20ClFN2O. The summed E-state index contributed by atoms with van der Waals surface area (Å²) in [6.45, 7) is 2.73. The Kier molecular flexibility index (Phi) is 6.57. The average molecular weight is 275 g/mol. The van der Waals surface area contributed by atoms with E-state index < -0.39 is 0 Å². The van der Waals surface area contributed by atoms with Gasteiger partial charge in [0.05, 0.1) is 5.02 Å². The van der Waals surface area contributed by atoms with Gasteiger partial charge in [0, 0.05) is 19.8 Å². The molecule has 5 heteroatoms. The Balaban J connectivity index is 2.65. The van der Waals surface area contributed by atoms with E-state index in [-0.39, 0.29) is 16.9 Å². The van der Waals surface area contributed by atoms with Crippen molar-refractivity contribution in [3.05, 3.63) is 34.6 Å². The van der Waals surface area contributed by atoms with Crippen molar-refractivity contribution in [2.75, 3.05) is 13.7 Å². The molecule has 0 bridgehead atoms. The summed E-state index contributed by atoms with van der Waals surface area (Å²) in [5.74, 6) is 5.50. The number of halogens is 2. The molecule has 0 radical (unpaired) electrons. The van der Waals surface area contributed by atoms with E-state index in [1.54, 1.807) is 25.3 Å². The predicted octanol–water partition coefficient (Wildman–Crippen LogP) is 2.53. The zero-order chi connectivity index (χ0) is 13.5. The van der Waals surface area contributed by atoms with Gasteiger partial charge in [-0.1, -0.05) is 30.7 Å². The van der Waals surface area contributed by atoms with Crippen LogP contribution in [0.5, 0.6) is 0 Å². The van der Waals surface area contributed by atoms with Crippen molar-refractivity contribution in [2.24, 2.45) is 11.8 Å². The summed E-state index contributed by atoms with van der Waals surface area (Å²) < 4.78 is 18.8. The molecule has 102 valence electrons. The smallest absolute Gasteiger partial charge is 0.145 e. The van der Waals surface area contributed by atoms with E-state index >= 15 is 0 Å². The number of ether oxygens (including phenoxy) is 1. The van der Waals surface area contributed by atoms with Crippen molar-refractivity contribution < 1.29 is 9.13 Å². The molecular weight excluding hydrogens is 255 g/mol. The van der Waals surface area contributed by atoms with Crippen LogP contribution in [0.25, 0.3) is 0 Å². The van der Waals surface area contributed by atoms with Gasteiger partial charge >= 0.3 is 0 Å². The lowest BCUT2D eigenvalue weighted by atomic mass is 9.97. The second-order valence-corrected chi connectivity index (χ2v) is 4.98. The molecule has 1 aromatic rings. The molecule has 0 saturated heterocycles. The zero-order valence-electron chi connectivity index (χ0n) is 10.7. The first kappa shape index (κ1) is 15.4. The first-order valence-electron chi connectivity index (χ1n) is 5.96. The monoisotopic (exact) mass is 274 g/mol. The van der Waals surface area contributed by atoms with Crippen LogP contribution in [0.3, 0.4) is 0 Å². The lowest BCUT2D eigenvalue weighted by Crippen LogP contribution is -2.38. The fourth-order valence-corrected chi connectivity index (χ4v) is 2.21. The molecule has 3 nitrogen and oxygen atoms in total. The summed E-state index contributed by atoms with van der Waals surface area (Å²) in [5, 5.41) is 0.146. The zero-order valence-corrected chi connectivity index (χ0v) is 11.5. The minimum atomic E-state index is -0.362. The van der Waals surface area contributed by atoms with Crippen LogP contribution in [0.15, 0.2) is 18.2 Å². The van der Waals surface area contributed by atoms with E-state index in [1.165, 1.54) is 0 Å². The summed E-state index contributed by atoms with van der Waals surface area (Å²) in [5.41, 5.74) is 3.30. The third-order valence-corrected chi connectivity index (χ3v) is 3.16. The summed E-state index contributed by atoms with van der Waals surface area (Å²) in [7, 11) is 1.66. The average Bonchev–Trinajstić information content (AvgIpc) is 2.34. The highest BCUT2D eigenvalue weighted by atomic mass is 35.5. The van der Waals surface area contributed by atoms with Crippen LogP contribution in [0, 0.1) is 11.7 Å². The molecule has 0 amide bonds. The molecule has 2 atom stereocenters. The van der Waals surface area contributed by atoms with Gasteiger partial charge in [-0.05, 0) is 30.4 Å². The Labute approximate surface area is 112 Å². The van der Waals surface area contributed by atoms with Gasteiger partial charge in [0.1, 0.15) is 5.82 Å². The standard InChI is InChI=1S/C13H20ClFN2O/c1-9(8-18-2)6-11(17-16)7-10-4-3-5-12(14)13(10)15/h3-5,9,11,17H,6-8,16H2,1-2H3. The van der Waals surface area contributed by atoms with E-state index in [2.05, 4.69) is 12.3 Å². The summed E-state index contributed by atoms with van der Waals surface area (Å²) in [6, 6.07) is 5.02. The number of benzene rings is 1. The minimum Gasteiger partial charge on any atom is -0.384 e. The molecule has 0 aliphatic carbocycles. The van der Waals surface area contributed by atoms with E-state index in [0.717, 1.165) is 6.42 Å². The van der Waals surface area contributed by atoms with Gasteiger partial charge in [-0.15, -0.1) is 0 Å². The maximum Gasteiger partial charge on any atom is 0.145 e. The molecule has 0 aromatic heterocycles. The molecule has 1 rings (SSSR count). The first-order valence-corrected chi connectivity index (χ1v) is 6.34. The normalized spacial score (nSPS) is 14.5. The lowest BCUT2D eigenvalue weighted by molar-refractivity contribution is 0.149.